The van der Waals surface area contributed by atoms with E-state index in [0.717, 1.165) is 38.8 Å². The molecule has 1 unspecified atom stereocenters. The maximum Gasteiger partial charge on any atom is 0.227 e. The van der Waals surface area contributed by atoms with Gasteiger partial charge in [-0.25, -0.2) is 0 Å². The first-order chi connectivity index (χ1) is 9.09. The van der Waals surface area contributed by atoms with Crippen LogP contribution in [-0.4, -0.2) is 43.5 Å². The van der Waals surface area contributed by atoms with Gasteiger partial charge in [0.15, 0.2) is 0 Å². The van der Waals surface area contributed by atoms with Gasteiger partial charge in [0.05, 0.1) is 5.41 Å². The summed E-state index contributed by atoms with van der Waals surface area (Å²) in [6.45, 7) is 6.62. The molecule has 1 atom stereocenters. The molecule has 4 nitrogen and oxygen atoms in total. The molecule has 0 aromatic carbocycles. The van der Waals surface area contributed by atoms with E-state index in [1.54, 1.807) is 0 Å². The van der Waals surface area contributed by atoms with Gasteiger partial charge >= 0.3 is 0 Å². The summed E-state index contributed by atoms with van der Waals surface area (Å²) < 4.78 is 0. The summed E-state index contributed by atoms with van der Waals surface area (Å²) in [5.41, 5.74) is 5.57. The topological polar surface area (TPSA) is 58.4 Å². The summed E-state index contributed by atoms with van der Waals surface area (Å²) >= 11 is 0. The van der Waals surface area contributed by atoms with Crippen LogP contribution in [0.3, 0.4) is 0 Å². The Kier molecular flexibility index (Phi) is 6.80. The number of nitrogens with one attached hydrogen (secondary N) is 1. The standard InChI is InChI=1S/C15H31N3O/c1-4-8-15(12-16,9-5-2)14(19)17-11-13-7-6-10-18(13)3/h13H,4-12,16H2,1-3H3,(H,17,19). The zero-order valence-electron chi connectivity index (χ0n) is 12.9. The first kappa shape index (κ1) is 16.4. The van der Waals surface area contributed by atoms with Crippen LogP contribution in [-0.2, 0) is 4.79 Å². The lowest BCUT2D eigenvalue weighted by Gasteiger charge is -2.32. The summed E-state index contributed by atoms with van der Waals surface area (Å²) in [6.07, 6.45) is 6.23. The molecule has 1 heterocycles. The summed E-state index contributed by atoms with van der Waals surface area (Å²) in [6, 6.07) is 0.502. The van der Waals surface area contributed by atoms with E-state index in [-0.39, 0.29) is 11.3 Å². The van der Waals surface area contributed by atoms with E-state index in [9.17, 15) is 4.79 Å². The van der Waals surface area contributed by atoms with E-state index >= 15 is 0 Å². The van der Waals surface area contributed by atoms with Crippen LogP contribution in [0, 0.1) is 5.41 Å². The first-order valence-corrected chi connectivity index (χ1v) is 7.78. The van der Waals surface area contributed by atoms with Crippen LogP contribution in [0.1, 0.15) is 52.4 Å². The second-order valence-electron chi connectivity index (χ2n) is 5.97. The summed E-state index contributed by atoms with van der Waals surface area (Å²) in [4.78, 5) is 14.9. The second-order valence-corrected chi connectivity index (χ2v) is 5.97. The normalized spacial score (nSPS) is 20.7. The number of hydrogen-bond donors (Lipinski definition) is 2. The molecule has 1 rings (SSSR count). The van der Waals surface area contributed by atoms with Gasteiger partial charge in [0, 0.05) is 19.1 Å². The zero-order chi connectivity index (χ0) is 14.3. The van der Waals surface area contributed by atoms with Gasteiger partial charge < -0.3 is 16.0 Å². The van der Waals surface area contributed by atoms with Crippen molar-refractivity contribution in [3.8, 4) is 0 Å². The molecule has 4 heteroatoms. The average Bonchev–Trinajstić information content (AvgIpc) is 2.81. The number of rotatable bonds is 8. The average molecular weight is 269 g/mol. The van der Waals surface area contributed by atoms with E-state index in [0.29, 0.717) is 12.6 Å². The molecule has 0 saturated carbocycles. The maximum atomic E-state index is 12.5. The Hall–Kier alpha value is -0.610. The molecular weight excluding hydrogens is 238 g/mol. The molecule has 3 N–H and O–H groups in total. The van der Waals surface area contributed by atoms with Crippen molar-refractivity contribution in [2.24, 2.45) is 11.1 Å². The number of nitrogens with two attached hydrogens (primary N) is 1. The first-order valence-electron chi connectivity index (χ1n) is 7.78. The predicted molar refractivity (Wildman–Crippen MR) is 80.0 cm³/mol. The number of amides is 1. The van der Waals surface area contributed by atoms with Gasteiger partial charge in [-0.2, -0.15) is 0 Å². The van der Waals surface area contributed by atoms with E-state index in [1.165, 1.54) is 12.8 Å². The molecule has 0 radical (unpaired) electrons. The van der Waals surface area contributed by atoms with Crippen molar-refractivity contribution in [1.29, 1.82) is 0 Å². The molecule has 0 spiro atoms. The molecule has 112 valence electrons. The van der Waals surface area contributed by atoms with E-state index in [2.05, 4.69) is 31.1 Å². The van der Waals surface area contributed by atoms with Crippen LogP contribution < -0.4 is 11.1 Å². The predicted octanol–water partition coefficient (Wildman–Crippen LogP) is 1.74. The SMILES string of the molecule is CCCC(CN)(CCC)C(=O)NCC1CCCN1C. The Morgan fingerprint density at radius 3 is 2.42 bits per heavy atom. The molecule has 0 aromatic heterocycles. The van der Waals surface area contributed by atoms with Crippen LogP contribution in [0.15, 0.2) is 0 Å². The van der Waals surface area contributed by atoms with Crippen molar-refractivity contribution < 1.29 is 4.79 Å². The van der Waals surface area contributed by atoms with Crippen LogP contribution in [0.25, 0.3) is 0 Å². The third kappa shape index (κ3) is 4.18. The zero-order valence-corrected chi connectivity index (χ0v) is 12.9. The van der Waals surface area contributed by atoms with E-state index < -0.39 is 0 Å². The fourth-order valence-electron chi connectivity index (χ4n) is 3.24. The fourth-order valence-corrected chi connectivity index (χ4v) is 3.24. The van der Waals surface area contributed by atoms with E-state index in [4.69, 9.17) is 5.73 Å². The highest BCUT2D eigenvalue weighted by Crippen LogP contribution is 2.29. The Morgan fingerprint density at radius 1 is 1.37 bits per heavy atom. The Bertz CT molecular complexity index is 275. The smallest absolute Gasteiger partial charge is 0.227 e. The number of carbonyl (C=O) groups excluding carboxylic acids is 1. The number of likely N-dealkylation sites (tertiary alicyclic amines) is 1. The van der Waals surface area contributed by atoms with Gasteiger partial charge in [0.2, 0.25) is 5.91 Å². The highest BCUT2D eigenvalue weighted by atomic mass is 16.2. The Labute approximate surface area is 118 Å². The number of hydrogen-bond acceptors (Lipinski definition) is 3. The Balaban J connectivity index is 2.55. The quantitative estimate of drug-likeness (QED) is 0.706. The van der Waals surface area contributed by atoms with Crippen LogP contribution in [0.2, 0.25) is 0 Å². The Morgan fingerprint density at radius 2 is 2.00 bits per heavy atom. The van der Waals surface area contributed by atoms with Crippen molar-refractivity contribution >= 4 is 5.91 Å². The van der Waals surface area contributed by atoms with Gasteiger partial charge in [-0.05, 0) is 39.3 Å². The molecule has 0 aliphatic carbocycles. The second kappa shape index (κ2) is 7.85. The lowest BCUT2D eigenvalue weighted by molar-refractivity contribution is -0.131. The number of carbonyl (C=O) groups is 1. The van der Waals surface area contributed by atoms with Crippen LogP contribution in [0.5, 0.6) is 0 Å². The molecule has 1 fully saturated rings. The van der Waals surface area contributed by atoms with Gasteiger partial charge in [-0.3, -0.25) is 4.79 Å². The molecule has 1 aliphatic rings. The molecular formula is C15H31N3O. The minimum absolute atomic E-state index is 0.166. The monoisotopic (exact) mass is 269 g/mol. The van der Waals surface area contributed by atoms with Crippen LogP contribution >= 0.6 is 0 Å². The summed E-state index contributed by atoms with van der Waals surface area (Å²) in [5, 5.41) is 3.16. The third-order valence-electron chi connectivity index (χ3n) is 4.50. The maximum absolute atomic E-state index is 12.5. The minimum atomic E-state index is -0.347. The summed E-state index contributed by atoms with van der Waals surface area (Å²) in [7, 11) is 2.14. The van der Waals surface area contributed by atoms with Gasteiger partial charge in [-0.1, -0.05) is 26.7 Å². The molecule has 1 saturated heterocycles. The highest BCUT2D eigenvalue weighted by molar-refractivity contribution is 5.82. The summed E-state index contributed by atoms with van der Waals surface area (Å²) in [5.74, 6) is 0.166. The lowest BCUT2D eigenvalue weighted by Crippen LogP contribution is -2.49. The molecule has 0 bridgehead atoms. The molecule has 0 aromatic rings. The number of likely N-dealkylation sites (N-methyl/N-ethyl adjacent to an activating group) is 1. The molecule has 1 aliphatic heterocycles. The molecule has 1 amide bonds. The highest BCUT2D eigenvalue weighted by Gasteiger charge is 2.35. The number of nitrogens with zero attached hydrogens (tertiary/aromatic N) is 1. The van der Waals surface area contributed by atoms with Gasteiger partial charge in [-0.15, -0.1) is 0 Å². The van der Waals surface area contributed by atoms with Crippen molar-refractivity contribution in [1.82, 2.24) is 10.2 Å². The van der Waals surface area contributed by atoms with Gasteiger partial charge in [0.1, 0.15) is 0 Å². The van der Waals surface area contributed by atoms with Crippen molar-refractivity contribution in [2.75, 3.05) is 26.7 Å². The van der Waals surface area contributed by atoms with Crippen molar-refractivity contribution in [3.05, 3.63) is 0 Å². The van der Waals surface area contributed by atoms with Crippen molar-refractivity contribution in [2.45, 2.75) is 58.4 Å². The van der Waals surface area contributed by atoms with Crippen LogP contribution in [0.4, 0.5) is 0 Å². The van der Waals surface area contributed by atoms with Crippen molar-refractivity contribution in [3.63, 3.8) is 0 Å². The van der Waals surface area contributed by atoms with Gasteiger partial charge in [0.25, 0.3) is 0 Å². The fraction of sp³-hybridized carbons (Fsp3) is 0.933. The lowest BCUT2D eigenvalue weighted by atomic mass is 9.78. The largest absolute Gasteiger partial charge is 0.354 e. The van der Waals surface area contributed by atoms with E-state index in [1.807, 2.05) is 0 Å². The third-order valence-corrected chi connectivity index (χ3v) is 4.50. The minimum Gasteiger partial charge on any atom is -0.354 e. The molecule has 19 heavy (non-hydrogen) atoms.